The third-order valence-electron chi connectivity index (χ3n) is 1.49. The summed E-state index contributed by atoms with van der Waals surface area (Å²) in [4.78, 5) is 2.25. The molecule has 0 saturated carbocycles. The highest BCUT2D eigenvalue weighted by Gasteiger charge is 1.90. The minimum absolute atomic E-state index is 1.25. The molecule has 0 radical (unpaired) electrons. The third kappa shape index (κ3) is 8.69. The van der Waals surface area contributed by atoms with Gasteiger partial charge in [-0.3, -0.25) is 0 Å². The standard InChI is InChI=1S/C8H18IN/c1-10(2)8-6-4-3-5-7-9/h3-8H2,1-2H3. The molecule has 0 aliphatic heterocycles. The molecule has 62 valence electrons. The first kappa shape index (κ1) is 10.7. The summed E-state index contributed by atoms with van der Waals surface area (Å²) in [5.74, 6) is 0. The number of unbranched alkanes of at least 4 members (excludes halogenated alkanes) is 3. The fourth-order valence-electron chi connectivity index (χ4n) is 0.876. The molecular formula is C8H18IN. The quantitative estimate of drug-likeness (QED) is 0.400. The summed E-state index contributed by atoms with van der Waals surface area (Å²) >= 11 is 2.44. The van der Waals surface area contributed by atoms with Gasteiger partial charge in [-0.05, 0) is 37.9 Å². The van der Waals surface area contributed by atoms with E-state index in [2.05, 4.69) is 41.6 Å². The SMILES string of the molecule is CN(C)CCCCCCI. The topological polar surface area (TPSA) is 3.24 Å². The largest absolute Gasteiger partial charge is 0.309 e. The van der Waals surface area contributed by atoms with Crippen molar-refractivity contribution in [1.29, 1.82) is 0 Å². The fraction of sp³-hybridized carbons (Fsp3) is 1.00. The zero-order valence-corrected chi connectivity index (χ0v) is 9.23. The molecular weight excluding hydrogens is 237 g/mol. The molecule has 1 nitrogen and oxygen atoms in total. The van der Waals surface area contributed by atoms with Gasteiger partial charge in [0.2, 0.25) is 0 Å². The van der Waals surface area contributed by atoms with Crippen LogP contribution in [0.15, 0.2) is 0 Å². The number of hydrogen-bond acceptors (Lipinski definition) is 1. The highest BCUT2D eigenvalue weighted by atomic mass is 127. The summed E-state index contributed by atoms with van der Waals surface area (Å²) in [5, 5.41) is 0. The van der Waals surface area contributed by atoms with Gasteiger partial charge >= 0.3 is 0 Å². The highest BCUT2D eigenvalue weighted by molar-refractivity contribution is 14.1. The van der Waals surface area contributed by atoms with Crippen LogP contribution in [0.25, 0.3) is 0 Å². The van der Waals surface area contributed by atoms with Gasteiger partial charge in [-0.1, -0.05) is 35.4 Å². The van der Waals surface area contributed by atoms with Crippen LogP contribution in [0.4, 0.5) is 0 Å². The van der Waals surface area contributed by atoms with Gasteiger partial charge in [0.25, 0.3) is 0 Å². The van der Waals surface area contributed by atoms with Crippen molar-refractivity contribution in [2.24, 2.45) is 0 Å². The molecule has 0 heterocycles. The summed E-state index contributed by atoms with van der Waals surface area (Å²) in [6, 6.07) is 0. The summed E-state index contributed by atoms with van der Waals surface area (Å²) in [6.07, 6.45) is 5.58. The number of alkyl halides is 1. The van der Waals surface area contributed by atoms with Crippen LogP contribution >= 0.6 is 22.6 Å². The van der Waals surface area contributed by atoms with Crippen molar-refractivity contribution in [1.82, 2.24) is 4.90 Å². The maximum Gasteiger partial charge on any atom is -0.000473 e. The molecule has 0 rings (SSSR count). The molecule has 0 fully saturated rings. The van der Waals surface area contributed by atoms with Gasteiger partial charge in [-0.15, -0.1) is 0 Å². The Balaban J connectivity index is 2.77. The van der Waals surface area contributed by atoms with Crippen LogP contribution in [0, 0.1) is 0 Å². The second-order valence-electron chi connectivity index (χ2n) is 2.91. The van der Waals surface area contributed by atoms with Crippen molar-refractivity contribution >= 4 is 22.6 Å². The molecule has 0 aromatic carbocycles. The van der Waals surface area contributed by atoms with Crippen molar-refractivity contribution in [2.45, 2.75) is 25.7 Å². The van der Waals surface area contributed by atoms with Crippen LogP contribution in [0.1, 0.15) is 25.7 Å². The normalized spacial score (nSPS) is 10.8. The minimum Gasteiger partial charge on any atom is -0.309 e. The fourth-order valence-corrected chi connectivity index (χ4v) is 1.42. The second-order valence-corrected chi connectivity index (χ2v) is 3.99. The van der Waals surface area contributed by atoms with E-state index in [1.165, 1.54) is 36.7 Å². The highest BCUT2D eigenvalue weighted by Crippen LogP contribution is 2.02. The lowest BCUT2D eigenvalue weighted by atomic mass is 10.2. The Kier molecular flexibility index (Phi) is 8.33. The molecule has 0 aliphatic carbocycles. The molecule has 0 bridgehead atoms. The van der Waals surface area contributed by atoms with Gasteiger partial charge in [0, 0.05) is 0 Å². The Morgan fingerprint density at radius 3 is 2.10 bits per heavy atom. The maximum atomic E-state index is 2.44. The van der Waals surface area contributed by atoms with Gasteiger partial charge in [0.15, 0.2) is 0 Å². The molecule has 0 spiro atoms. The van der Waals surface area contributed by atoms with E-state index in [-0.39, 0.29) is 0 Å². The molecule has 0 aliphatic rings. The number of halogens is 1. The number of nitrogens with zero attached hydrogens (tertiary/aromatic N) is 1. The number of rotatable bonds is 6. The first-order valence-electron chi connectivity index (χ1n) is 3.98. The van der Waals surface area contributed by atoms with E-state index < -0.39 is 0 Å². The second kappa shape index (κ2) is 7.79. The Bertz CT molecular complexity index is 64.3. The van der Waals surface area contributed by atoms with Gasteiger partial charge in [0.1, 0.15) is 0 Å². The third-order valence-corrected chi connectivity index (χ3v) is 2.25. The Labute approximate surface area is 78.3 Å². The molecule has 0 N–H and O–H groups in total. The lowest BCUT2D eigenvalue weighted by Gasteiger charge is -2.07. The van der Waals surface area contributed by atoms with Crippen LogP contribution in [0.3, 0.4) is 0 Å². The number of hydrogen-bond donors (Lipinski definition) is 0. The predicted octanol–water partition coefficient (Wildman–Crippen LogP) is 2.54. The summed E-state index contributed by atoms with van der Waals surface area (Å²) in [7, 11) is 4.27. The van der Waals surface area contributed by atoms with E-state index in [1.807, 2.05) is 0 Å². The molecule has 0 aromatic heterocycles. The smallest absolute Gasteiger partial charge is 0.000473 e. The Morgan fingerprint density at radius 1 is 1.00 bits per heavy atom. The zero-order chi connectivity index (χ0) is 7.82. The molecule has 2 heteroatoms. The molecule has 0 saturated heterocycles. The summed E-state index contributed by atoms with van der Waals surface area (Å²) < 4.78 is 1.32. The summed E-state index contributed by atoms with van der Waals surface area (Å²) in [5.41, 5.74) is 0. The van der Waals surface area contributed by atoms with E-state index in [9.17, 15) is 0 Å². The van der Waals surface area contributed by atoms with Crippen molar-refractivity contribution in [3.05, 3.63) is 0 Å². The van der Waals surface area contributed by atoms with E-state index in [0.29, 0.717) is 0 Å². The van der Waals surface area contributed by atoms with Crippen LogP contribution in [0.2, 0.25) is 0 Å². The average Bonchev–Trinajstić information content (AvgIpc) is 1.87. The monoisotopic (exact) mass is 255 g/mol. The maximum absolute atomic E-state index is 2.44. The van der Waals surface area contributed by atoms with Gasteiger partial charge in [-0.25, -0.2) is 0 Å². The van der Waals surface area contributed by atoms with Gasteiger partial charge < -0.3 is 4.90 Å². The van der Waals surface area contributed by atoms with E-state index in [0.717, 1.165) is 0 Å². The summed E-state index contributed by atoms with van der Waals surface area (Å²) in [6.45, 7) is 1.25. The van der Waals surface area contributed by atoms with Crippen LogP contribution in [-0.4, -0.2) is 30.0 Å². The van der Waals surface area contributed by atoms with Crippen molar-refractivity contribution in [3.8, 4) is 0 Å². The molecule has 10 heavy (non-hydrogen) atoms. The Hall–Kier alpha value is 0.690. The van der Waals surface area contributed by atoms with Crippen LogP contribution in [-0.2, 0) is 0 Å². The van der Waals surface area contributed by atoms with E-state index in [1.54, 1.807) is 0 Å². The zero-order valence-electron chi connectivity index (χ0n) is 7.07. The van der Waals surface area contributed by atoms with Crippen LogP contribution in [0.5, 0.6) is 0 Å². The lowest BCUT2D eigenvalue weighted by Crippen LogP contribution is -2.12. The Morgan fingerprint density at radius 2 is 1.60 bits per heavy atom. The molecule has 0 atom stereocenters. The van der Waals surface area contributed by atoms with Gasteiger partial charge in [-0.2, -0.15) is 0 Å². The van der Waals surface area contributed by atoms with Crippen molar-refractivity contribution in [2.75, 3.05) is 25.1 Å². The first-order chi connectivity index (χ1) is 4.77. The predicted molar refractivity (Wildman–Crippen MR) is 55.9 cm³/mol. The first-order valence-corrected chi connectivity index (χ1v) is 5.50. The van der Waals surface area contributed by atoms with Crippen molar-refractivity contribution < 1.29 is 0 Å². The average molecular weight is 255 g/mol. The van der Waals surface area contributed by atoms with Crippen LogP contribution < -0.4 is 0 Å². The minimum atomic E-state index is 1.25. The molecule has 0 unspecified atom stereocenters. The molecule has 0 amide bonds. The molecule has 0 aromatic rings. The van der Waals surface area contributed by atoms with E-state index >= 15 is 0 Å². The van der Waals surface area contributed by atoms with Crippen molar-refractivity contribution in [3.63, 3.8) is 0 Å². The van der Waals surface area contributed by atoms with E-state index in [4.69, 9.17) is 0 Å². The lowest BCUT2D eigenvalue weighted by molar-refractivity contribution is 0.391. The van der Waals surface area contributed by atoms with Gasteiger partial charge in [0.05, 0.1) is 0 Å².